The summed E-state index contributed by atoms with van der Waals surface area (Å²) < 4.78 is 0. The van der Waals surface area contributed by atoms with E-state index in [4.69, 9.17) is 0 Å². The molecule has 0 radical (unpaired) electrons. The molecule has 0 aromatic carbocycles. The third kappa shape index (κ3) is 4.65. The fourth-order valence-electron chi connectivity index (χ4n) is 1.87. The highest BCUT2D eigenvalue weighted by Crippen LogP contribution is 2.16. The molecule has 0 saturated carbocycles. The maximum atomic E-state index is 4.13. The average Bonchev–Trinajstić information content (AvgIpc) is 2.61. The number of hydrogen-bond acceptors (Lipinski definition) is 2. The molecule has 92 valence electrons. The highest BCUT2D eigenvalue weighted by Gasteiger charge is 2.11. The van der Waals surface area contributed by atoms with Crippen LogP contribution < -0.4 is 0 Å². The second-order valence-electron chi connectivity index (χ2n) is 3.56. The summed E-state index contributed by atoms with van der Waals surface area (Å²) >= 11 is 0. The van der Waals surface area contributed by atoms with Crippen molar-refractivity contribution in [3.8, 4) is 0 Å². The van der Waals surface area contributed by atoms with Crippen LogP contribution in [0.2, 0.25) is 0 Å². The van der Waals surface area contributed by atoms with Crippen molar-refractivity contribution >= 4 is 6.21 Å². The largest absolute Gasteiger partial charge is 0.372 e. The van der Waals surface area contributed by atoms with E-state index < -0.39 is 0 Å². The van der Waals surface area contributed by atoms with Gasteiger partial charge in [0, 0.05) is 37.6 Å². The van der Waals surface area contributed by atoms with Gasteiger partial charge in [0.25, 0.3) is 0 Å². The third-order valence-electron chi connectivity index (χ3n) is 2.59. The molecular weight excluding hydrogens is 196 g/mol. The van der Waals surface area contributed by atoms with Gasteiger partial charge in [-0.15, -0.1) is 0 Å². The van der Waals surface area contributed by atoms with E-state index in [0.29, 0.717) is 0 Å². The maximum Gasteiger partial charge on any atom is 0.0344 e. The molecule has 2 heteroatoms. The lowest BCUT2D eigenvalue weighted by Crippen LogP contribution is -2.28. The van der Waals surface area contributed by atoms with Crippen LogP contribution in [0.4, 0.5) is 0 Å². The monoisotopic (exact) mass is 222 g/mol. The molecule has 0 amide bonds. The van der Waals surface area contributed by atoms with Gasteiger partial charge in [-0.05, 0) is 25.3 Å². The van der Waals surface area contributed by atoms with Crippen LogP contribution in [0.3, 0.4) is 0 Å². The van der Waals surface area contributed by atoms with Crippen molar-refractivity contribution < 1.29 is 0 Å². The summed E-state index contributed by atoms with van der Waals surface area (Å²) in [7, 11) is 0. The molecule has 2 heterocycles. The fourth-order valence-corrected chi connectivity index (χ4v) is 1.87. The van der Waals surface area contributed by atoms with E-state index in [9.17, 15) is 0 Å². The summed E-state index contributed by atoms with van der Waals surface area (Å²) in [5, 5.41) is 0. The molecule has 0 bridgehead atoms. The Morgan fingerprint density at radius 2 is 1.81 bits per heavy atom. The van der Waals surface area contributed by atoms with Crippen molar-refractivity contribution in [1.82, 2.24) is 4.90 Å². The van der Waals surface area contributed by atoms with Gasteiger partial charge in [0.05, 0.1) is 0 Å². The number of nitrogens with zero attached hydrogens (tertiary/aromatic N) is 2. The summed E-state index contributed by atoms with van der Waals surface area (Å²) in [5.74, 6) is 0. The van der Waals surface area contributed by atoms with Crippen LogP contribution in [-0.2, 0) is 0 Å². The topological polar surface area (TPSA) is 15.6 Å². The lowest BCUT2D eigenvalue weighted by atomic mass is 10.1. The molecule has 1 fully saturated rings. The smallest absolute Gasteiger partial charge is 0.0344 e. The number of hydrogen-bond donors (Lipinski definition) is 0. The van der Waals surface area contributed by atoms with Crippen LogP contribution >= 0.6 is 0 Å². The van der Waals surface area contributed by atoms with Crippen LogP contribution in [-0.4, -0.2) is 24.2 Å². The first-order valence-corrected chi connectivity index (χ1v) is 6.10. The lowest BCUT2D eigenvalue weighted by Gasteiger charge is -2.29. The van der Waals surface area contributed by atoms with Crippen LogP contribution in [0.5, 0.6) is 0 Å². The minimum Gasteiger partial charge on any atom is -0.372 e. The normalized spacial score (nSPS) is 18.9. The molecule has 16 heavy (non-hydrogen) atoms. The van der Waals surface area contributed by atoms with Crippen molar-refractivity contribution in [1.29, 1.82) is 0 Å². The molecule has 2 aliphatic heterocycles. The van der Waals surface area contributed by atoms with Gasteiger partial charge < -0.3 is 4.90 Å². The number of piperidine rings is 1. The zero-order valence-corrected chi connectivity index (χ0v) is 9.95. The molecule has 2 nitrogen and oxygen atoms in total. The SMILES string of the molecule is C.C1=CC(N2CCCCC2)=CCC=N1.CC. The predicted molar refractivity (Wildman–Crippen MR) is 73.8 cm³/mol. The van der Waals surface area contributed by atoms with Crippen molar-refractivity contribution in [2.75, 3.05) is 13.1 Å². The Bertz CT molecular complexity index is 245. The fraction of sp³-hybridized carbons (Fsp3) is 0.643. The Labute approximate surface area is 101 Å². The zero-order chi connectivity index (χ0) is 10.9. The Balaban J connectivity index is 0.000000711. The highest BCUT2D eigenvalue weighted by molar-refractivity contribution is 5.61. The van der Waals surface area contributed by atoms with Crippen molar-refractivity contribution in [2.45, 2.75) is 47.0 Å². The molecule has 1 saturated heterocycles. The molecule has 0 aliphatic carbocycles. The summed E-state index contributed by atoms with van der Waals surface area (Å²) in [6, 6.07) is 0. The summed E-state index contributed by atoms with van der Waals surface area (Å²) in [6.07, 6.45) is 13.3. The van der Waals surface area contributed by atoms with Gasteiger partial charge in [-0.1, -0.05) is 27.4 Å². The van der Waals surface area contributed by atoms with E-state index in [1.165, 1.54) is 38.0 Å². The number of aliphatic imine (C=N–C) groups is 1. The number of likely N-dealkylation sites (tertiary alicyclic amines) is 1. The van der Waals surface area contributed by atoms with E-state index in [1.807, 2.05) is 26.3 Å². The quantitative estimate of drug-likeness (QED) is 0.654. The van der Waals surface area contributed by atoms with Gasteiger partial charge in [0.2, 0.25) is 0 Å². The first-order chi connectivity index (χ1) is 7.47. The number of rotatable bonds is 1. The molecule has 0 N–H and O–H groups in total. The Kier molecular flexibility index (Phi) is 8.59. The molecule has 0 spiro atoms. The lowest BCUT2D eigenvalue weighted by molar-refractivity contribution is 0.292. The van der Waals surface area contributed by atoms with E-state index in [-0.39, 0.29) is 7.43 Å². The zero-order valence-electron chi connectivity index (χ0n) is 9.95. The van der Waals surface area contributed by atoms with Gasteiger partial charge in [-0.3, -0.25) is 4.99 Å². The van der Waals surface area contributed by atoms with Crippen molar-refractivity contribution in [3.05, 3.63) is 24.0 Å². The summed E-state index contributed by atoms with van der Waals surface area (Å²) in [5.41, 5.74) is 1.36. The first-order valence-electron chi connectivity index (χ1n) is 6.10. The van der Waals surface area contributed by atoms with E-state index in [1.54, 1.807) is 0 Å². The van der Waals surface area contributed by atoms with Crippen LogP contribution in [0.1, 0.15) is 47.0 Å². The second-order valence-corrected chi connectivity index (χ2v) is 3.56. The predicted octanol–water partition coefficient (Wildman–Crippen LogP) is 4.01. The minimum absolute atomic E-state index is 0. The van der Waals surface area contributed by atoms with Crippen LogP contribution in [0, 0.1) is 0 Å². The maximum absolute atomic E-state index is 4.13. The highest BCUT2D eigenvalue weighted by atomic mass is 15.1. The molecule has 0 aromatic heterocycles. The van der Waals surface area contributed by atoms with Crippen molar-refractivity contribution in [2.24, 2.45) is 4.99 Å². The second kappa shape index (κ2) is 9.20. The van der Waals surface area contributed by atoms with Gasteiger partial charge in [0.15, 0.2) is 0 Å². The van der Waals surface area contributed by atoms with Crippen LogP contribution in [0.25, 0.3) is 0 Å². The molecule has 0 atom stereocenters. The Morgan fingerprint density at radius 1 is 1.12 bits per heavy atom. The molecule has 2 rings (SSSR count). The van der Waals surface area contributed by atoms with E-state index in [0.717, 1.165) is 6.42 Å². The minimum atomic E-state index is 0. The van der Waals surface area contributed by atoms with E-state index in [2.05, 4.69) is 22.0 Å². The van der Waals surface area contributed by atoms with Gasteiger partial charge in [-0.25, -0.2) is 0 Å². The van der Waals surface area contributed by atoms with Gasteiger partial charge >= 0.3 is 0 Å². The molecule has 2 aliphatic rings. The molecule has 0 unspecified atom stereocenters. The van der Waals surface area contributed by atoms with E-state index >= 15 is 0 Å². The Morgan fingerprint density at radius 3 is 2.50 bits per heavy atom. The number of allylic oxidation sites excluding steroid dienone is 2. The van der Waals surface area contributed by atoms with Gasteiger partial charge in [-0.2, -0.15) is 0 Å². The molecular formula is C14H26N2. The summed E-state index contributed by atoms with van der Waals surface area (Å²) in [4.78, 5) is 6.60. The standard InChI is InChI=1S/C11H16N2.C2H6.CH4/c1-2-9-13(10-3-1)11-5-4-7-12-8-6-11;1-2;/h5-8H,1-4,9-10H2;1-2H3;1H4. The average molecular weight is 222 g/mol. The third-order valence-corrected chi connectivity index (χ3v) is 2.59. The first kappa shape index (κ1) is 14.9. The Hall–Kier alpha value is -1.05. The molecule has 0 aromatic rings. The van der Waals surface area contributed by atoms with Gasteiger partial charge in [0.1, 0.15) is 0 Å². The van der Waals surface area contributed by atoms with Crippen LogP contribution in [0.15, 0.2) is 29.0 Å². The van der Waals surface area contributed by atoms with Crippen molar-refractivity contribution in [3.63, 3.8) is 0 Å². The summed E-state index contributed by atoms with van der Waals surface area (Å²) in [6.45, 7) is 6.44.